The topological polar surface area (TPSA) is 204 Å². The molecular formula is C105H181N6O10+. The minimum atomic E-state index is -1.03. The number of anilines is 1. The number of aromatic carboxylic acids is 1. The third kappa shape index (κ3) is 58.9. The Labute approximate surface area is 739 Å². The molecule has 1 aliphatic heterocycles. The SMILES string of the molecule is C=CN(CCOC(=O)NCCCCCCCCCCCCCCCCCC)c1ccc2c(-c3ccccc3C(=O)O)c3ccc(=[N+](CCOC(=C)NCCCCCCCCCCCCCCCCCC)CCOC(=O)NCCCCCCCCCCCCCCCCCC)cc-3oc2c1.CCCCCCCCCCCCCCCCCCNC(=O)O. The number of nitrogens with one attached hydrogen (secondary N) is 4. The molecule has 0 radical (unpaired) electrons. The highest BCUT2D eigenvalue weighted by Gasteiger charge is 2.24. The molecule has 6 N–H and O–H groups in total. The van der Waals surface area contributed by atoms with Crippen molar-refractivity contribution in [2.24, 2.45) is 0 Å². The average molecular weight is 1690 g/mol. The van der Waals surface area contributed by atoms with Crippen LogP contribution in [0.5, 0.6) is 0 Å². The van der Waals surface area contributed by atoms with Gasteiger partial charge in [-0.25, -0.2) is 23.8 Å². The molecular weight excluding hydrogens is 1510 g/mol. The predicted molar refractivity (Wildman–Crippen MR) is 514 cm³/mol. The Balaban J connectivity index is 0.00000149. The molecule has 16 nitrogen and oxygen atoms in total. The molecule has 0 fully saturated rings. The van der Waals surface area contributed by atoms with Gasteiger partial charge in [0.1, 0.15) is 24.6 Å². The van der Waals surface area contributed by atoms with E-state index < -0.39 is 24.2 Å². The lowest BCUT2D eigenvalue weighted by molar-refractivity contribution is 0.0697. The van der Waals surface area contributed by atoms with E-state index in [1.807, 2.05) is 53.4 Å². The van der Waals surface area contributed by atoms with Crippen molar-refractivity contribution in [3.8, 4) is 22.5 Å². The van der Waals surface area contributed by atoms with Crippen LogP contribution in [-0.2, 0) is 14.2 Å². The van der Waals surface area contributed by atoms with Crippen molar-refractivity contribution in [2.75, 3.05) is 70.5 Å². The fourth-order valence-electron chi connectivity index (χ4n) is 16.5. The summed E-state index contributed by atoms with van der Waals surface area (Å²) in [6.07, 6.45) is 84.5. The average Bonchev–Trinajstić information content (AvgIpc) is 0.745. The fourth-order valence-corrected chi connectivity index (χ4v) is 16.5. The lowest BCUT2D eigenvalue weighted by Gasteiger charge is -2.22. The first-order valence-electron chi connectivity index (χ1n) is 50.6. The van der Waals surface area contributed by atoms with Crippen LogP contribution in [0.2, 0.25) is 0 Å². The van der Waals surface area contributed by atoms with E-state index in [-0.39, 0.29) is 18.8 Å². The monoisotopic (exact) mass is 1690 g/mol. The number of alkyl carbamates (subject to hydrolysis) is 2. The quantitative estimate of drug-likeness (QED) is 0.0106. The van der Waals surface area contributed by atoms with E-state index in [1.54, 1.807) is 18.3 Å². The molecule has 16 heteroatoms. The molecule has 1 aliphatic carbocycles. The van der Waals surface area contributed by atoms with Gasteiger partial charge in [-0.3, -0.25) is 0 Å². The number of fused-ring (bicyclic) bond motifs is 2. The maximum atomic E-state index is 13.1. The number of nitrogens with zero attached hydrogens (tertiary/aromatic N) is 2. The smallest absolute Gasteiger partial charge is 0.407 e. The molecule has 121 heavy (non-hydrogen) atoms. The highest BCUT2D eigenvalue weighted by molar-refractivity contribution is 6.07. The largest absolute Gasteiger partial charge is 0.478 e. The maximum Gasteiger partial charge on any atom is 0.407 e. The Morgan fingerprint density at radius 2 is 0.711 bits per heavy atom. The minimum Gasteiger partial charge on any atom is -0.478 e. The number of carboxylic acid groups (broad SMARTS) is 2. The third-order valence-corrected chi connectivity index (χ3v) is 24.1. The Morgan fingerprint density at radius 1 is 0.380 bits per heavy atom. The Hall–Kier alpha value is -6.71. The molecule has 2 aliphatic rings. The van der Waals surface area contributed by atoms with E-state index in [4.69, 9.17) is 23.7 Å². The number of amides is 3. The van der Waals surface area contributed by atoms with Crippen LogP contribution in [0.15, 0.2) is 90.3 Å². The van der Waals surface area contributed by atoms with Crippen LogP contribution < -0.4 is 36.1 Å². The van der Waals surface area contributed by atoms with Crippen LogP contribution >= 0.6 is 0 Å². The summed E-state index contributed by atoms with van der Waals surface area (Å²) >= 11 is 0. The number of rotatable bonds is 83. The van der Waals surface area contributed by atoms with E-state index >= 15 is 0 Å². The highest BCUT2D eigenvalue weighted by atomic mass is 16.6. The fraction of sp³-hybridized carbons (Fsp3) is 0.743. The molecule has 2 aromatic rings. The summed E-state index contributed by atoms with van der Waals surface area (Å²) in [5, 5.41) is 32.2. The molecule has 690 valence electrons. The normalized spacial score (nSPS) is 11.5. The van der Waals surface area contributed by atoms with Crippen molar-refractivity contribution in [2.45, 2.75) is 439 Å². The van der Waals surface area contributed by atoms with Crippen molar-refractivity contribution in [1.82, 2.24) is 25.8 Å². The number of ether oxygens (including phenoxy) is 3. The van der Waals surface area contributed by atoms with Crippen molar-refractivity contribution < 1.29 is 48.0 Å². The second-order valence-electron chi connectivity index (χ2n) is 34.8. The summed E-state index contributed by atoms with van der Waals surface area (Å²) in [7, 11) is 0. The van der Waals surface area contributed by atoms with Gasteiger partial charge in [0.2, 0.25) is 5.36 Å². The van der Waals surface area contributed by atoms with E-state index in [1.165, 1.54) is 366 Å². The van der Waals surface area contributed by atoms with Crippen molar-refractivity contribution in [3.05, 3.63) is 96.8 Å². The van der Waals surface area contributed by atoms with E-state index in [2.05, 4.69) is 66.7 Å². The van der Waals surface area contributed by atoms with Gasteiger partial charge in [-0.05, 0) is 68.3 Å². The zero-order valence-electron chi connectivity index (χ0n) is 78.1. The number of benzene rings is 3. The molecule has 2 aromatic carbocycles. The number of carboxylic acids is 1. The zero-order valence-corrected chi connectivity index (χ0v) is 78.1. The molecule has 0 unspecified atom stereocenters. The maximum absolute atomic E-state index is 13.1. The third-order valence-electron chi connectivity index (χ3n) is 24.1. The van der Waals surface area contributed by atoms with Crippen LogP contribution in [0.1, 0.15) is 449 Å². The number of carbonyl (C=O) groups excluding carboxylic acids is 2. The van der Waals surface area contributed by atoms with Crippen LogP contribution in [0.4, 0.5) is 20.1 Å². The molecule has 0 saturated carbocycles. The zero-order chi connectivity index (χ0) is 87.0. The van der Waals surface area contributed by atoms with Gasteiger partial charge in [0.15, 0.2) is 25.6 Å². The first-order valence-corrected chi connectivity index (χ1v) is 50.6. The van der Waals surface area contributed by atoms with Crippen molar-refractivity contribution in [3.63, 3.8) is 0 Å². The molecule has 0 atom stereocenters. The summed E-state index contributed by atoms with van der Waals surface area (Å²) in [5.74, 6) is 0.0338. The molecule has 0 saturated heterocycles. The van der Waals surface area contributed by atoms with Gasteiger partial charge in [0, 0.05) is 60.5 Å². The summed E-state index contributed by atoms with van der Waals surface area (Å²) in [6.45, 7) is 21.8. The molecule has 0 spiro atoms. The van der Waals surface area contributed by atoms with Gasteiger partial charge in [0.25, 0.3) is 0 Å². The van der Waals surface area contributed by atoms with Gasteiger partial charge in [-0.2, -0.15) is 0 Å². The van der Waals surface area contributed by atoms with Crippen LogP contribution in [-0.4, -0.2) is 100 Å². The minimum absolute atomic E-state index is 0.137. The summed E-state index contributed by atoms with van der Waals surface area (Å²) in [6, 6.07) is 18.8. The highest BCUT2D eigenvalue weighted by Crippen LogP contribution is 2.42. The number of hydrogen-bond acceptors (Lipinski definition) is 10. The lowest BCUT2D eigenvalue weighted by Crippen LogP contribution is -2.37. The first kappa shape index (κ1) is 108. The summed E-state index contributed by atoms with van der Waals surface area (Å²) in [5.41, 5.74) is 3.49. The van der Waals surface area contributed by atoms with Crippen molar-refractivity contribution >= 4 is 40.9 Å². The predicted octanol–water partition coefficient (Wildman–Crippen LogP) is 30.5. The molecule has 3 amide bonds. The number of unbranched alkanes of at least 4 members (excludes halogenated alkanes) is 60. The van der Waals surface area contributed by atoms with Crippen LogP contribution in [0.25, 0.3) is 33.4 Å². The van der Waals surface area contributed by atoms with Gasteiger partial charge < -0.3 is 55.0 Å². The van der Waals surface area contributed by atoms with Crippen LogP contribution in [0, 0.1) is 0 Å². The standard InChI is InChI=1S/C86H141N5O8.C19H39NO2/c1-6-10-13-16-19-22-25-28-31-34-37-40-43-46-49-54-63-87-74(5)96-69-67-91(68-71-98-86(95)89-65-56-51-48-45-42-39-36-33-30-27-24-21-18-15-12-8-3)76-60-62-80-82(73-76)99-81-72-75(59-61-79(81)83(80)77-57-52-53-58-78(77)84(92)93)90(9-4)66-70-97-85(94)88-64-55-50-47-44-41-38-35-32-29-26-23-20-17-14-11-7-2;1-2-3-4-5-6-7-8-9-10-11-12-13-14-15-16-17-18-20-19(21)22/h9,52-53,57-62,72-73,87H,4-8,10-51,54-56,63-71H2,1-3H3,(H2-,88,89,92,93,94,95);20H,2-18H2,1H3,(H,21,22)/p+1. The van der Waals surface area contributed by atoms with E-state index in [9.17, 15) is 24.3 Å². The molecule has 4 rings (SSSR count). The molecule has 0 bridgehead atoms. The first-order chi connectivity index (χ1) is 59.5. The lowest BCUT2D eigenvalue weighted by atomic mass is 9.90. The number of hydrogen-bond donors (Lipinski definition) is 6. The van der Waals surface area contributed by atoms with E-state index in [0.29, 0.717) is 68.7 Å². The molecule has 0 aromatic heterocycles. The van der Waals surface area contributed by atoms with E-state index in [0.717, 1.165) is 79.0 Å². The summed E-state index contributed by atoms with van der Waals surface area (Å²) < 4.78 is 26.6. The Morgan fingerprint density at radius 3 is 1.07 bits per heavy atom. The molecule has 1 heterocycles. The Bertz CT molecular complexity index is 3150. The van der Waals surface area contributed by atoms with Gasteiger partial charge in [-0.1, -0.05) is 438 Å². The second-order valence-corrected chi connectivity index (χ2v) is 34.8. The Kier molecular flexibility index (Phi) is 71.0. The second kappa shape index (κ2) is 79.2. The van der Waals surface area contributed by atoms with Gasteiger partial charge >= 0.3 is 24.2 Å². The van der Waals surface area contributed by atoms with Gasteiger partial charge in [0.05, 0.1) is 18.2 Å². The number of carbonyl (C=O) groups is 4. The summed E-state index contributed by atoms with van der Waals surface area (Å²) in [4.78, 5) is 50.9. The van der Waals surface area contributed by atoms with Gasteiger partial charge in [-0.15, -0.1) is 0 Å². The van der Waals surface area contributed by atoms with Crippen molar-refractivity contribution in [1.29, 1.82) is 0 Å². The van der Waals surface area contributed by atoms with Crippen LogP contribution in [0.3, 0.4) is 0 Å².